The van der Waals surface area contributed by atoms with E-state index in [1.807, 2.05) is 17.8 Å². The van der Waals surface area contributed by atoms with E-state index in [1.54, 1.807) is 0 Å². The summed E-state index contributed by atoms with van der Waals surface area (Å²) >= 11 is 1.84. The van der Waals surface area contributed by atoms with E-state index in [0.717, 1.165) is 63.8 Å². The molecule has 0 aliphatic heterocycles. The van der Waals surface area contributed by atoms with Crippen LogP contribution in [0.3, 0.4) is 0 Å². The minimum atomic E-state index is 0. The number of thioether (sulfide) groups is 1. The molecule has 138 valence electrons. The Balaban J connectivity index is 0.00000529. The Labute approximate surface area is 168 Å². The molecule has 0 amide bonds. The topological polar surface area (TPSA) is 45.7 Å². The monoisotopic (exact) mass is 465 g/mol. The first-order chi connectivity index (χ1) is 11.4. The average molecular weight is 465 g/mol. The second-order valence-corrected chi connectivity index (χ2v) is 6.22. The molecule has 0 saturated carbocycles. The maximum atomic E-state index is 5.69. The number of hydrogen-bond acceptors (Lipinski definition) is 3. The van der Waals surface area contributed by atoms with Crippen LogP contribution in [0.15, 0.2) is 35.3 Å². The number of rotatable bonds is 12. The summed E-state index contributed by atoms with van der Waals surface area (Å²) in [6, 6.07) is 10.5. The van der Waals surface area contributed by atoms with Crippen LogP contribution < -0.4 is 10.6 Å². The van der Waals surface area contributed by atoms with Crippen LogP contribution in [0, 0.1) is 0 Å². The molecule has 1 aromatic carbocycles. The van der Waals surface area contributed by atoms with Crippen molar-refractivity contribution in [1.82, 2.24) is 10.6 Å². The van der Waals surface area contributed by atoms with Crippen LogP contribution in [0.2, 0.25) is 0 Å². The Morgan fingerprint density at radius 1 is 1.12 bits per heavy atom. The predicted molar refractivity (Wildman–Crippen MR) is 118 cm³/mol. The molecule has 0 spiro atoms. The van der Waals surface area contributed by atoms with Crippen molar-refractivity contribution in [3.63, 3.8) is 0 Å². The largest absolute Gasteiger partial charge is 0.381 e. The van der Waals surface area contributed by atoms with E-state index < -0.39 is 0 Å². The van der Waals surface area contributed by atoms with Gasteiger partial charge in [0.15, 0.2) is 5.96 Å². The summed E-state index contributed by atoms with van der Waals surface area (Å²) in [6.07, 6.45) is 5.22. The third-order valence-electron chi connectivity index (χ3n) is 3.29. The number of hydrogen-bond donors (Lipinski definition) is 2. The van der Waals surface area contributed by atoms with Gasteiger partial charge in [-0.2, -0.15) is 11.8 Å². The first-order valence-electron chi connectivity index (χ1n) is 8.49. The van der Waals surface area contributed by atoms with Gasteiger partial charge >= 0.3 is 0 Å². The highest BCUT2D eigenvalue weighted by Gasteiger charge is 1.96. The molecule has 0 radical (unpaired) electrons. The molecule has 0 aromatic heterocycles. The lowest BCUT2D eigenvalue weighted by atomic mass is 10.2. The second-order valence-electron chi connectivity index (χ2n) is 5.24. The minimum absolute atomic E-state index is 0. The van der Waals surface area contributed by atoms with Crippen LogP contribution in [-0.4, -0.2) is 50.8 Å². The fraction of sp³-hybridized carbons (Fsp3) is 0.611. The summed E-state index contributed by atoms with van der Waals surface area (Å²) in [7, 11) is 0. The number of ether oxygens (including phenoxy) is 1. The molecular formula is C18H32IN3OS. The number of halogens is 1. The number of nitrogens with one attached hydrogen (secondary N) is 2. The van der Waals surface area contributed by atoms with E-state index in [1.165, 1.54) is 5.56 Å². The van der Waals surface area contributed by atoms with Crippen LogP contribution in [0.5, 0.6) is 0 Å². The maximum absolute atomic E-state index is 5.69. The lowest BCUT2D eigenvalue weighted by Gasteiger charge is -2.10. The van der Waals surface area contributed by atoms with Gasteiger partial charge in [-0.25, -0.2) is 0 Å². The molecule has 0 aliphatic rings. The third kappa shape index (κ3) is 12.9. The zero-order valence-electron chi connectivity index (χ0n) is 14.9. The molecule has 24 heavy (non-hydrogen) atoms. The fourth-order valence-electron chi connectivity index (χ4n) is 2.06. The molecule has 6 heteroatoms. The minimum Gasteiger partial charge on any atom is -0.381 e. The van der Waals surface area contributed by atoms with Crippen molar-refractivity contribution >= 4 is 41.7 Å². The van der Waals surface area contributed by atoms with Crippen LogP contribution in [-0.2, 0) is 11.2 Å². The summed E-state index contributed by atoms with van der Waals surface area (Å²) in [5, 5.41) is 6.61. The van der Waals surface area contributed by atoms with Crippen molar-refractivity contribution in [2.45, 2.75) is 26.2 Å². The molecule has 0 fully saturated rings. The Kier molecular flexibility index (Phi) is 17.0. The summed E-state index contributed by atoms with van der Waals surface area (Å²) in [4.78, 5) is 4.58. The van der Waals surface area contributed by atoms with E-state index in [9.17, 15) is 0 Å². The Bertz CT molecular complexity index is 418. The zero-order chi connectivity index (χ0) is 16.6. The molecule has 1 rings (SSSR count). The lowest BCUT2D eigenvalue weighted by molar-refractivity contribution is 0.134. The molecule has 0 atom stereocenters. The van der Waals surface area contributed by atoms with Crippen molar-refractivity contribution in [2.75, 3.05) is 44.9 Å². The summed E-state index contributed by atoms with van der Waals surface area (Å²) in [6.45, 7) is 6.40. The summed E-state index contributed by atoms with van der Waals surface area (Å²) in [5.41, 5.74) is 1.34. The van der Waals surface area contributed by atoms with Crippen LogP contribution in [0.1, 0.15) is 25.3 Å². The van der Waals surface area contributed by atoms with Gasteiger partial charge in [0.2, 0.25) is 0 Å². The fourth-order valence-corrected chi connectivity index (χ4v) is 2.36. The Morgan fingerprint density at radius 2 is 1.92 bits per heavy atom. The maximum Gasteiger partial charge on any atom is 0.191 e. The normalized spacial score (nSPS) is 11.0. The van der Waals surface area contributed by atoms with E-state index >= 15 is 0 Å². The van der Waals surface area contributed by atoms with Gasteiger partial charge in [0, 0.05) is 32.0 Å². The Morgan fingerprint density at radius 3 is 2.62 bits per heavy atom. The molecule has 4 nitrogen and oxygen atoms in total. The second kappa shape index (κ2) is 17.4. The number of unbranched alkanes of at least 4 members (excludes halogenated alkanes) is 1. The van der Waals surface area contributed by atoms with E-state index in [-0.39, 0.29) is 24.0 Å². The van der Waals surface area contributed by atoms with Crippen LogP contribution >= 0.6 is 35.7 Å². The smallest absolute Gasteiger partial charge is 0.191 e. The number of benzene rings is 1. The van der Waals surface area contributed by atoms with Gasteiger partial charge in [-0.1, -0.05) is 30.3 Å². The quantitative estimate of drug-likeness (QED) is 0.215. The highest BCUT2D eigenvalue weighted by atomic mass is 127. The summed E-state index contributed by atoms with van der Waals surface area (Å²) < 4.78 is 5.69. The predicted octanol–water partition coefficient (Wildman–Crippen LogP) is 3.56. The highest BCUT2D eigenvalue weighted by molar-refractivity contribution is 14.0. The van der Waals surface area contributed by atoms with Crippen molar-refractivity contribution in [3.05, 3.63) is 35.9 Å². The molecule has 0 aliphatic carbocycles. The van der Waals surface area contributed by atoms with Crippen LogP contribution in [0.4, 0.5) is 0 Å². The molecule has 1 aromatic rings. The van der Waals surface area contributed by atoms with Gasteiger partial charge in [-0.3, -0.25) is 4.99 Å². The van der Waals surface area contributed by atoms with Gasteiger partial charge < -0.3 is 15.4 Å². The molecular weight excluding hydrogens is 433 g/mol. The zero-order valence-corrected chi connectivity index (χ0v) is 18.1. The Hall–Kier alpha value is -0.470. The van der Waals surface area contributed by atoms with E-state index in [2.05, 4.69) is 53.1 Å². The van der Waals surface area contributed by atoms with Gasteiger partial charge in [0.05, 0.1) is 6.61 Å². The molecule has 0 unspecified atom stereocenters. The van der Waals surface area contributed by atoms with Gasteiger partial charge in [0.1, 0.15) is 0 Å². The average Bonchev–Trinajstić information content (AvgIpc) is 2.58. The number of aliphatic imine (C=N–C) groups is 1. The van der Waals surface area contributed by atoms with Crippen molar-refractivity contribution < 1.29 is 4.74 Å². The van der Waals surface area contributed by atoms with E-state index in [4.69, 9.17) is 4.74 Å². The molecule has 2 N–H and O–H groups in total. The van der Waals surface area contributed by atoms with Crippen molar-refractivity contribution in [2.24, 2.45) is 4.99 Å². The molecule has 0 heterocycles. The molecule has 0 bridgehead atoms. The van der Waals surface area contributed by atoms with Crippen molar-refractivity contribution in [1.29, 1.82) is 0 Å². The third-order valence-corrected chi connectivity index (χ3v) is 3.90. The number of guanidine groups is 1. The van der Waals surface area contributed by atoms with Gasteiger partial charge in [-0.15, -0.1) is 24.0 Å². The lowest BCUT2D eigenvalue weighted by Crippen LogP contribution is -2.38. The SMILES string of the molecule is CCNC(=NCCCCOCCc1ccccc1)NCCSC.I. The molecule has 0 saturated heterocycles. The van der Waals surface area contributed by atoms with Crippen molar-refractivity contribution in [3.8, 4) is 0 Å². The standard InChI is InChI=1S/C18H31N3OS.HI/c1-3-19-18(21-13-16-23-2)20-12-7-8-14-22-15-11-17-9-5-4-6-10-17;/h4-6,9-10H,3,7-8,11-16H2,1-2H3,(H2,19,20,21);1H. The summed E-state index contributed by atoms with van der Waals surface area (Å²) in [5.74, 6) is 2.02. The van der Waals surface area contributed by atoms with Gasteiger partial charge in [0.25, 0.3) is 0 Å². The first-order valence-corrected chi connectivity index (χ1v) is 9.89. The number of nitrogens with zero attached hydrogens (tertiary/aromatic N) is 1. The van der Waals surface area contributed by atoms with Crippen LogP contribution in [0.25, 0.3) is 0 Å². The van der Waals surface area contributed by atoms with Gasteiger partial charge in [-0.05, 0) is 38.0 Å². The van der Waals surface area contributed by atoms with E-state index in [0.29, 0.717) is 0 Å². The first kappa shape index (κ1) is 23.5. The highest BCUT2D eigenvalue weighted by Crippen LogP contribution is 2.00.